The summed E-state index contributed by atoms with van der Waals surface area (Å²) in [4.78, 5) is 33.9. The minimum absolute atomic E-state index is 0.359. The third kappa shape index (κ3) is 6.65. The fraction of sp³-hybridized carbons (Fsp3) is 0.263. The van der Waals surface area contributed by atoms with Crippen molar-refractivity contribution in [1.29, 1.82) is 0 Å². The largest absolute Gasteiger partial charge is 0.497 e. The van der Waals surface area contributed by atoms with Gasteiger partial charge >= 0.3 is 5.97 Å². The molecule has 29 heavy (non-hydrogen) atoms. The average Bonchev–Trinajstić information content (AvgIpc) is 2.95. The number of rotatable bonds is 7. The maximum atomic E-state index is 11.8. The number of carbonyl (C=O) groups is 3. The molecule has 0 unspecified atom stereocenters. The molecule has 2 rings (SSSR count). The number of nitrogens with one attached hydrogen (secondary N) is 2. The van der Waals surface area contributed by atoms with E-state index in [-0.39, 0.29) is 0 Å². The van der Waals surface area contributed by atoms with Gasteiger partial charge in [0.2, 0.25) is 5.91 Å². The predicted octanol–water partition coefficient (Wildman–Crippen LogP) is 1.63. The molecule has 0 bridgehead atoms. The van der Waals surface area contributed by atoms with Crippen molar-refractivity contribution >= 4 is 35.5 Å². The minimum Gasteiger partial charge on any atom is -0.497 e. The zero-order chi connectivity index (χ0) is 21.4. The van der Waals surface area contributed by atoms with Gasteiger partial charge in [-0.05, 0) is 30.7 Å². The number of aromatic nitrogens is 2. The monoisotopic (exact) mass is 420 g/mol. The van der Waals surface area contributed by atoms with Gasteiger partial charge in [0.1, 0.15) is 10.9 Å². The third-order valence-electron chi connectivity index (χ3n) is 3.69. The highest BCUT2D eigenvalue weighted by Gasteiger charge is 2.13. The molecular weight excluding hydrogens is 400 g/mol. The molecule has 0 fully saturated rings. The van der Waals surface area contributed by atoms with Crippen LogP contribution in [0, 0.1) is 6.92 Å². The Morgan fingerprint density at radius 3 is 2.72 bits per heavy atom. The second-order valence-corrected chi connectivity index (χ2v) is 6.33. The highest BCUT2D eigenvalue weighted by atomic mass is 35.5. The number of benzene rings is 1. The van der Waals surface area contributed by atoms with Crippen molar-refractivity contribution in [2.75, 3.05) is 13.7 Å². The van der Waals surface area contributed by atoms with Gasteiger partial charge in [-0.15, -0.1) is 0 Å². The summed E-state index contributed by atoms with van der Waals surface area (Å²) in [7, 11) is 1.59. The summed E-state index contributed by atoms with van der Waals surface area (Å²) in [6.07, 6.45) is 2.62. The van der Waals surface area contributed by atoms with Gasteiger partial charge in [0.15, 0.2) is 6.61 Å². The molecule has 2 aromatic rings. The SMILES string of the molecule is COc1cccc(Cn2nc(C)c(/C=C/C(=O)OCC(=O)NNC(C)=O)c2Cl)c1. The normalized spacial score (nSPS) is 10.6. The van der Waals surface area contributed by atoms with Crippen molar-refractivity contribution in [3.05, 3.63) is 52.3 Å². The minimum atomic E-state index is -0.737. The van der Waals surface area contributed by atoms with E-state index >= 15 is 0 Å². The van der Waals surface area contributed by atoms with Crippen LogP contribution in [-0.2, 0) is 25.7 Å². The lowest BCUT2D eigenvalue weighted by atomic mass is 10.2. The Hall–Kier alpha value is -3.33. The zero-order valence-corrected chi connectivity index (χ0v) is 16.9. The standard InChI is InChI=1S/C19H21ClN4O5/c1-12-16(7-8-18(27)29-11-17(26)22-21-13(2)25)19(20)24(23-12)10-14-5-4-6-15(9-14)28-3/h4-9H,10-11H2,1-3H3,(H,21,25)(H,22,26)/b8-7+. The van der Waals surface area contributed by atoms with Crippen molar-refractivity contribution in [2.45, 2.75) is 20.4 Å². The molecule has 0 saturated heterocycles. The van der Waals surface area contributed by atoms with E-state index in [0.717, 1.165) is 17.4 Å². The van der Waals surface area contributed by atoms with Crippen LogP contribution < -0.4 is 15.6 Å². The third-order valence-corrected chi connectivity index (χ3v) is 4.08. The van der Waals surface area contributed by atoms with E-state index in [9.17, 15) is 14.4 Å². The Labute approximate surface area is 172 Å². The van der Waals surface area contributed by atoms with Gasteiger partial charge in [-0.25, -0.2) is 9.48 Å². The van der Waals surface area contributed by atoms with Crippen molar-refractivity contribution in [2.24, 2.45) is 0 Å². The molecule has 0 aliphatic rings. The summed E-state index contributed by atoms with van der Waals surface area (Å²) in [5, 5.41) is 4.75. The molecule has 1 aromatic heterocycles. The number of methoxy groups -OCH3 is 1. The Kier molecular flexibility index (Phi) is 7.79. The van der Waals surface area contributed by atoms with Crippen LogP contribution in [0.15, 0.2) is 30.3 Å². The van der Waals surface area contributed by atoms with Gasteiger partial charge in [0.05, 0.1) is 19.3 Å². The molecule has 0 saturated carbocycles. The molecule has 0 aliphatic carbocycles. The molecule has 154 valence electrons. The molecule has 1 heterocycles. The highest BCUT2D eigenvalue weighted by Crippen LogP contribution is 2.23. The second kappa shape index (κ2) is 10.3. The average molecular weight is 421 g/mol. The number of carbonyl (C=O) groups excluding carboxylic acids is 3. The quantitative estimate of drug-likeness (QED) is 0.400. The molecule has 9 nitrogen and oxygen atoms in total. The number of ether oxygens (including phenoxy) is 2. The van der Waals surface area contributed by atoms with E-state index in [2.05, 4.69) is 16.0 Å². The Morgan fingerprint density at radius 1 is 1.28 bits per heavy atom. The molecule has 0 atom stereocenters. The number of aryl methyl sites for hydroxylation is 1. The number of hydrogen-bond donors (Lipinski definition) is 2. The second-order valence-electron chi connectivity index (χ2n) is 5.97. The molecule has 10 heteroatoms. The first-order valence-corrected chi connectivity index (χ1v) is 8.94. The fourth-order valence-electron chi connectivity index (χ4n) is 2.34. The lowest BCUT2D eigenvalue weighted by Crippen LogP contribution is -2.42. The van der Waals surface area contributed by atoms with E-state index in [0.29, 0.717) is 23.0 Å². The van der Waals surface area contributed by atoms with Crippen LogP contribution in [0.5, 0.6) is 5.75 Å². The molecule has 0 spiro atoms. The van der Waals surface area contributed by atoms with Gasteiger partial charge in [0, 0.05) is 18.6 Å². The van der Waals surface area contributed by atoms with Crippen LogP contribution in [-0.4, -0.2) is 41.3 Å². The maximum absolute atomic E-state index is 11.8. The molecule has 0 aliphatic heterocycles. The number of hydrogen-bond acceptors (Lipinski definition) is 6. The number of nitrogens with zero attached hydrogens (tertiary/aromatic N) is 2. The summed E-state index contributed by atoms with van der Waals surface area (Å²) in [5.74, 6) is -1.12. The number of amides is 2. The first kappa shape index (κ1) is 22.0. The van der Waals surface area contributed by atoms with Crippen molar-refractivity contribution in [1.82, 2.24) is 20.6 Å². The van der Waals surface area contributed by atoms with Crippen molar-refractivity contribution in [3.63, 3.8) is 0 Å². The van der Waals surface area contributed by atoms with E-state index in [1.54, 1.807) is 18.7 Å². The van der Waals surface area contributed by atoms with E-state index in [1.165, 1.54) is 13.0 Å². The molecule has 2 N–H and O–H groups in total. The maximum Gasteiger partial charge on any atom is 0.331 e. The van der Waals surface area contributed by atoms with Crippen LogP contribution in [0.25, 0.3) is 6.08 Å². The Morgan fingerprint density at radius 2 is 2.03 bits per heavy atom. The number of esters is 1. The van der Waals surface area contributed by atoms with Crippen LogP contribution in [0.4, 0.5) is 0 Å². The smallest absolute Gasteiger partial charge is 0.331 e. The first-order chi connectivity index (χ1) is 13.8. The lowest BCUT2D eigenvalue weighted by Gasteiger charge is -2.06. The fourth-order valence-corrected chi connectivity index (χ4v) is 2.63. The predicted molar refractivity (Wildman–Crippen MR) is 106 cm³/mol. The van der Waals surface area contributed by atoms with Crippen LogP contribution >= 0.6 is 11.6 Å². The molecule has 0 radical (unpaired) electrons. The number of halogens is 1. The van der Waals surface area contributed by atoms with Gasteiger partial charge in [0.25, 0.3) is 5.91 Å². The first-order valence-electron chi connectivity index (χ1n) is 8.56. The topological polar surface area (TPSA) is 112 Å². The van der Waals surface area contributed by atoms with E-state index in [1.807, 2.05) is 24.3 Å². The van der Waals surface area contributed by atoms with Crippen LogP contribution in [0.3, 0.4) is 0 Å². The van der Waals surface area contributed by atoms with Crippen molar-refractivity contribution in [3.8, 4) is 5.75 Å². The van der Waals surface area contributed by atoms with Crippen LogP contribution in [0.1, 0.15) is 23.7 Å². The summed E-state index contributed by atoms with van der Waals surface area (Å²) in [6.45, 7) is 2.89. The molecule has 2 amide bonds. The summed E-state index contributed by atoms with van der Waals surface area (Å²) in [5.41, 5.74) is 6.32. The molecule has 1 aromatic carbocycles. The van der Waals surface area contributed by atoms with Gasteiger partial charge in [-0.1, -0.05) is 23.7 Å². The van der Waals surface area contributed by atoms with Crippen LogP contribution in [0.2, 0.25) is 5.15 Å². The number of hydrazine groups is 1. The Balaban J connectivity index is 1.99. The highest BCUT2D eigenvalue weighted by molar-refractivity contribution is 6.31. The molecular formula is C19H21ClN4O5. The van der Waals surface area contributed by atoms with Crippen molar-refractivity contribution < 1.29 is 23.9 Å². The lowest BCUT2D eigenvalue weighted by molar-refractivity contribution is -0.144. The Bertz CT molecular complexity index is 939. The van der Waals surface area contributed by atoms with Gasteiger partial charge in [-0.3, -0.25) is 20.4 Å². The van der Waals surface area contributed by atoms with Gasteiger partial charge < -0.3 is 9.47 Å². The van der Waals surface area contributed by atoms with Gasteiger partial charge in [-0.2, -0.15) is 5.10 Å². The van der Waals surface area contributed by atoms with E-state index in [4.69, 9.17) is 21.1 Å². The summed E-state index contributed by atoms with van der Waals surface area (Å²) in [6, 6.07) is 7.52. The summed E-state index contributed by atoms with van der Waals surface area (Å²) >= 11 is 6.40. The summed E-state index contributed by atoms with van der Waals surface area (Å²) < 4.78 is 11.6. The van der Waals surface area contributed by atoms with E-state index < -0.39 is 24.4 Å². The zero-order valence-electron chi connectivity index (χ0n) is 16.2.